The van der Waals surface area contributed by atoms with E-state index in [1.807, 2.05) is 25.1 Å². The fraction of sp³-hybridized carbons (Fsp3) is 0.286. The highest BCUT2D eigenvalue weighted by Gasteiger charge is 2.20. The molecule has 0 saturated heterocycles. The zero-order valence-electron chi connectivity index (χ0n) is 10.6. The van der Waals surface area contributed by atoms with Crippen molar-refractivity contribution in [2.75, 3.05) is 7.11 Å². The van der Waals surface area contributed by atoms with Crippen molar-refractivity contribution in [3.8, 4) is 5.75 Å². The maximum absolute atomic E-state index is 12.4. The number of hydrogen-bond acceptors (Lipinski definition) is 3. The molecule has 94 valence electrons. The standard InChI is InChI=1S/C14H16N2O2/c1-3-9-16-13(12(18-2)10-15-16)14(17)11-7-5-4-6-8-11/h4-8,10H,3,9H2,1-2H3. The maximum Gasteiger partial charge on any atom is 0.214 e. The van der Waals surface area contributed by atoms with Crippen molar-refractivity contribution in [2.45, 2.75) is 19.9 Å². The molecule has 2 rings (SSSR count). The Labute approximate surface area is 106 Å². The van der Waals surface area contributed by atoms with E-state index in [0.29, 0.717) is 23.6 Å². The first-order chi connectivity index (χ1) is 8.77. The molecule has 0 aliphatic heterocycles. The molecule has 4 heteroatoms. The van der Waals surface area contributed by atoms with Gasteiger partial charge in [0.15, 0.2) is 11.4 Å². The predicted molar refractivity (Wildman–Crippen MR) is 68.9 cm³/mol. The number of hydrogen-bond donors (Lipinski definition) is 0. The smallest absolute Gasteiger partial charge is 0.214 e. The minimum absolute atomic E-state index is 0.0570. The lowest BCUT2D eigenvalue weighted by Gasteiger charge is -2.07. The molecule has 0 unspecified atom stereocenters. The van der Waals surface area contributed by atoms with Gasteiger partial charge in [-0.2, -0.15) is 5.10 Å². The lowest BCUT2D eigenvalue weighted by Crippen LogP contribution is -2.12. The summed E-state index contributed by atoms with van der Waals surface area (Å²) in [5, 5.41) is 4.19. The van der Waals surface area contributed by atoms with Crippen molar-refractivity contribution in [2.24, 2.45) is 0 Å². The van der Waals surface area contributed by atoms with Gasteiger partial charge < -0.3 is 4.74 Å². The first-order valence-corrected chi connectivity index (χ1v) is 5.97. The van der Waals surface area contributed by atoms with Crippen molar-refractivity contribution in [1.29, 1.82) is 0 Å². The van der Waals surface area contributed by atoms with Gasteiger partial charge >= 0.3 is 0 Å². The third-order valence-electron chi connectivity index (χ3n) is 2.71. The van der Waals surface area contributed by atoms with E-state index >= 15 is 0 Å². The first-order valence-electron chi connectivity index (χ1n) is 5.97. The number of methoxy groups -OCH3 is 1. The summed E-state index contributed by atoms with van der Waals surface area (Å²) in [4.78, 5) is 12.4. The van der Waals surface area contributed by atoms with Gasteiger partial charge in [-0.25, -0.2) is 0 Å². The zero-order chi connectivity index (χ0) is 13.0. The van der Waals surface area contributed by atoms with E-state index in [0.717, 1.165) is 6.42 Å². The Hall–Kier alpha value is -2.10. The van der Waals surface area contributed by atoms with Gasteiger partial charge in [-0.1, -0.05) is 37.3 Å². The fourth-order valence-corrected chi connectivity index (χ4v) is 1.85. The van der Waals surface area contributed by atoms with E-state index in [1.165, 1.54) is 0 Å². The lowest BCUT2D eigenvalue weighted by atomic mass is 10.1. The van der Waals surface area contributed by atoms with E-state index in [1.54, 1.807) is 30.1 Å². The molecule has 4 nitrogen and oxygen atoms in total. The monoisotopic (exact) mass is 244 g/mol. The quantitative estimate of drug-likeness (QED) is 0.759. The maximum atomic E-state index is 12.4. The van der Waals surface area contributed by atoms with Crippen LogP contribution in [0.15, 0.2) is 36.5 Å². The van der Waals surface area contributed by atoms with Gasteiger partial charge in [-0.05, 0) is 6.42 Å². The Bertz CT molecular complexity index is 532. The van der Waals surface area contributed by atoms with Crippen LogP contribution in [0.1, 0.15) is 29.4 Å². The summed E-state index contributed by atoms with van der Waals surface area (Å²) >= 11 is 0. The van der Waals surface area contributed by atoms with Crippen LogP contribution in [0.2, 0.25) is 0 Å². The molecular weight excluding hydrogens is 228 g/mol. The summed E-state index contributed by atoms with van der Waals surface area (Å²) in [5.41, 5.74) is 1.17. The number of benzene rings is 1. The Morgan fingerprint density at radius 3 is 2.67 bits per heavy atom. The molecule has 0 N–H and O–H groups in total. The van der Waals surface area contributed by atoms with Crippen LogP contribution in [-0.2, 0) is 6.54 Å². The van der Waals surface area contributed by atoms with E-state index in [4.69, 9.17) is 4.74 Å². The highest BCUT2D eigenvalue weighted by molar-refractivity contribution is 6.09. The predicted octanol–water partition coefficient (Wildman–Crippen LogP) is 2.53. The van der Waals surface area contributed by atoms with E-state index < -0.39 is 0 Å². The van der Waals surface area contributed by atoms with Crippen molar-refractivity contribution in [3.05, 3.63) is 47.8 Å². The molecule has 0 bridgehead atoms. The third-order valence-corrected chi connectivity index (χ3v) is 2.71. The number of aromatic nitrogens is 2. The Balaban J connectivity index is 2.43. The van der Waals surface area contributed by atoms with Gasteiger partial charge in [0.25, 0.3) is 0 Å². The molecule has 1 aromatic heterocycles. The van der Waals surface area contributed by atoms with E-state index in [-0.39, 0.29) is 5.78 Å². The van der Waals surface area contributed by atoms with Crippen molar-refractivity contribution in [1.82, 2.24) is 9.78 Å². The normalized spacial score (nSPS) is 10.3. The molecule has 0 atom stereocenters. The topological polar surface area (TPSA) is 44.1 Å². The number of carbonyl (C=O) groups is 1. The van der Waals surface area contributed by atoms with Gasteiger partial charge in [0.2, 0.25) is 5.78 Å². The Kier molecular flexibility index (Phi) is 3.77. The van der Waals surface area contributed by atoms with Crippen LogP contribution in [0.3, 0.4) is 0 Å². The molecule has 0 spiro atoms. The van der Waals surface area contributed by atoms with Crippen molar-refractivity contribution >= 4 is 5.78 Å². The lowest BCUT2D eigenvalue weighted by molar-refractivity contribution is 0.102. The fourth-order valence-electron chi connectivity index (χ4n) is 1.85. The second-order valence-corrected chi connectivity index (χ2v) is 3.98. The van der Waals surface area contributed by atoms with Crippen LogP contribution in [0.4, 0.5) is 0 Å². The second-order valence-electron chi connectivity index (χ2n) is 3.98. The molecule has 0 fully saturated rings. The number of nitrogens with zero attached hydrogens (tertiary/aromatic N) is 2. The SMILES string of the molecule is CCCn1ncc(OC)c1C(=O)c1ccccc1. The third kappa shape index (κ3) is 2.27. The summed E-state index contributed by atoms with van der Waals surface area (Å²) in [6, 6.07) is 9.17. The van der Waals surface area contributed by atoms with Crippen LogP contribution in [0.25, 0.3) is 0 Å². The number of ketones is 1. The van der Waals surface area contributed by atoms with Crippen LogP contribution in [0, 0.1) is 0 Å². The summed E-state index contributed by atoms with van der Waals surface area (Å²) in [6.07, 6.45) is 2.51. The molecule has 0 saturated carbocycles. The van der Waals surface area contributed by atoms with Gasteiger partial charge in [0.05, 0.1) is 13.3 Å². The largest absolute Gasteiger partial charge is 0.493 e. The summed E-state index contributed by atoms with van der Waals surface area (Å²) < 4.78 is 6.91. The average molecular weight is 244 g/mol. The zero-order valence-corrected chi connectivity index (χ0v) is 10.6. The van der Waals surface area contributed by atoms with Crippen LogP contribution in [-0.4, -0.2) is 22.7 Å². The minimum atomic E-state index is -0.0570. The second kappa shape index (κ2) is 5.49. The van der Waals surface area contributed by atoms with Crippen molar-refractivity contribution in [3.63, 3.8) is 0 Å². The van der Waals surface area contributed by atoms with Gasteiger partial charge in [-0.3, -0.25) is 9.48 Å². The molecule has 0 radical (unpaired) electrons. The number of carbonyl (C=O) groups excluding carboxylic acids is 1. The molecule has 0 aliphatic carbocycles. The van der Waals surface area contributed by atoms with Crippen LogP contribution in [0.5, 0.6) is 5.75 Å². The summed E-state index contributed by atoms with van der Waals surface area (Å²) in [6.45, 7) is 2.75. The summed E-state index contributed by atoms with van der Waals surface area (Å²) in [5.74, 6) is 0.468. The van der Waals surface area contributed by atoms with Crippen molar-refractivity contribution < 1.29 is 9.53 Å². The van der Waals surface area contributed by atoms with Gasteiger partial charge in [0, 0.05) is 12.1 Å². The highest BCUT2D eigenvalue weighted by atomic mass is 16.5. The van der Waals surface area contributed by atoms with E-state index in [2.05, 4.69) is 5.10 Å². The van der Waals surface area contributed by atoms with Crippen LogP contribution < -0.4 is 4.74 Å². The highest BCUT2D eigenvalue weighted by Crippen LogP contribution is 2.21. The Morgan fingerprint density at radius 1 is 1.33 bits per heavy atom. The minimum Gasteiger partial charge on any atom is -0.493 e. The Morgan fingerprint density at radius 2 is 2.06 bits per heavy atom. The number of aryl methyl sites for hydroxylation is 1. The van der Waals surface area contributed by atoms with E-state index in [9.17, 15) is 4.79 Å². The molecule has 0 amide bonds. The average Bonchev–Trinajstić information content (AvgIpc) is 2.82. The first kappa shape index (κ1) is 12.4. The number of ether oxygens (including phenoxy) is 1. The van der Waals surface area contributed by atoms with Crippen LogP contribution >= 0.6 is 0 Å². The molecule has 2 aromatic rings. The molecule has 1 aromatic carbocycles. The molecule has 1 heterocycles. The molecular formula is C14H16N2O2. The molecule has 18 heavy (non-hydrogen) atoms. The molecule has 0 aliphatic rings. The van der Waals surface area contributed by atoms with Gasteiger partial charge in [0.1, 0.15) is 0 Å². The van der Waals surface area contributed by atoms with Gasteiger partial charge in [-0.15, -0.1) is 0 Å². The number of rotatable bonds is 5. The summed E-state index contributed by atoms with van der Waals surface area (Å²) in [7, 11) is 1.55.